The number of nitro benzene ring substituents is 1. The summed E-state index contributed by atoms with van der Waals surface area (Å²) < 4.78 is 0. The number of carbonyl (C=O) groups excluding carboxylic acids is 1. The highest BCUT2D eigenvalue weighted by Gasteiger charge is 2.11. The summed E-state index contributed by atoms with van der Waals surface area (Å²) in [5, 5.41) is 21.9. The number of hydrogen-bond donors (Lipinski definition) is 2. The van der Waals surface area contributed by atoms with E-state index in [4.69, 9.17) is 5.11 Å². The second-order valence-electron chi connectivity index (χ2n) is 3.81. The molecule has 0 saturated heterocycles. The summed E-state index contributed by atoms with van der Waals surface area (Å²) in [6.07, 6.45) is 0. The molecule has 1 amide bonds. The summed E-state index contributed by atoms with van der Waals surface area (Å²) in [5.74, 6) is -0.424. The van der Waals surface area contributed by atoms with Crippen LogP contribution in [0.15, 0.2) is 24.3 Å². The second kappa shape index (κ2) is 5.95. The SMILES string of the molecule is CC(CO)CNC(=O)c1cccc([N+](=O)[O-])c1. The van der Waals surface area contributed by atoms with Gasteiger partial charge in [-0.1, -0.05) is 13.0 Å². The topological polar surface area (TPSA) is 92.5 Å². The van der Waals surface area contributed by atoms with Gasteiger partial charge in [-0.2, -0.15) is 0 Å². The molecule has 2 N–H and O–H groups in total. The van der Waals surface area contributed by atoms with E-state index in [9.17, 15) is 14.9 Å². The van der Waals surface area contributed by atoms with Crippen LogP contribution in [0.2, 0.25) is 0 Å². The lowest BCUT2D eigenvalue weighted by Gasteiger charge is -2.09. The molecule has 6 heteroatoms. The second-order valence-corrected chi connectivity index (χ2v) is 3.81. The zero-order valence-corrected chi connectivity index (χ0v) is 9.42. The van der Waals surface area contributed by atoms with Crippen molar-refractivity contribution in [3.63, 3.8) is 0 Å². The molecule has 0 heterocycles. The molecular weight excluding hydrogens is 224 g/mol. The first-order valence-corrected chi connectivity index (χ1v) is 5.18. The molecule has 1 aromatic rings. The Morgan fingerprint density at radius 1 is 1.59 bits per heavy atom. The molecule has 0 saturated carbocycles. The summed E-state index contributed by atoms with van der Waals surface area (Å²) in [5.41, 5.74) is 0.122. The Bertz CT molecular complexity index is 420. The van der Waals surface area contributed by atoms with Crippen LogP contribution in [0.25, 0.3) is 0 Å². The average molecular weight is 238 g/mol. The normalized spacial score (nSPS) is 11.9. The van der Waals surface area contributed by atoms with Gasteiger partial charge in [0, 0.05) is 30.8 Å². The lowest BCUT2D eigenvalue weighted by Crippen LogP contribution is -2.29. The number of hydrogen-bond acceptors (Lipinski definition) is 4. The van der Waals surface area contributed by atoms with Crippen molar-refractivity contribution < 1.29 is 14.8 Å². The monoisotopic (exact) mass is 238 g/mol. The van der Waals surface area contributed by atoms with Crippen LogP contribution in [-0.4, -0.2) is 29.1 Å². The van der Waals surface area contributed by atoms with Gasteiger partial charge in [-0.05, 0) is 12.0 Å². The van der Waals surface area contributed by atoms with E-state index in [0.29, 0.717) is 6.54 Å². The van der Waals surface area contributed by atoms with Crippen molar-refractivity contribution >= 4 is 11.6 Å². The summed E-state index contributed by atoms with van der Waals surface area (Å²) >= 11 is 0. The molecule has 1 atom stereocenters. The fourth-order valence-corrected chi connectivity index (χ4v) is 1.19. The Morgan fingerprint density at radius 3 is 2.88 bits per heavy atom. The van der Waals surface area contributed by atoms with Crippen LogP contribution in [0.3, 0.4) is 0 Å². The molecule has 6 nitrogen and oxygen atoms in total. The highest BCUT2D eigenvalue weighted by atomic mass is 16.6. The summed E-state index contributed by atoms with van der Waals surface area (Å²) in [7, 11) is 0. The Labute approximate surface area is 98.4 Å². The van der Waals surface area contributed by atoms with Crippen LogP contribution < -0.4 is 5.32 Å². The highest BCUT2D eigenvalue weighted by Crippen LogP contribution is 2.12. The van der Waals surface area contributed by atoms with E-state index >= 15 is 0 Å². The van der Waals surface area contributed by atoms with Gasteiger partial charge >= 0.3 is 0 Å². The zero-order valence-electron chi connectivity index (χ0n) is 9.42. The van der Waals surface area contributed by atoms with Gasteiger partial charge in [0.2, 0.25) is 0 Å². The predicted octanol–water partition coefficient (Wildman–Crippen LogP) is 0.953. The minimum atomic E-state index is -0.548. The Kier molecular flexibility index (Phi) is 4.59. The number of non-ortho nitro benzene ring substituents is 1. The number of aliphatic hydroxyl groups excluding tert-OH is 1. The Morgan fingerprint density at radius 2 is 2.29 bits per heavy atom. The standard InChI is InChI=1S/C11H14N2O4/c1-8(7-14)6-12-11(15)9-3-2-4-10(5-9)13(16)17/h2-5,8,14H,6-7H2,1H3,(H,12,15). The van der Waals surface area contributed by atoms with Crippen LogP contribution in [0.4, 0.5) is 5.69 Å². The first-order chi connectivity index (χ1) is 8.04. The van der Waals surface area contributed by atoms with Gasteiger partial charge < -0.3 is 10.4 Å². The van der Waals surface area contributed by atoms with Crippen molar-refractivity contribution in [1.82, 2.24) is 5.32 Å². The molecule has 1 rings (SSSR count). The van der Waals surface area contributed by atoms with Crippen molar-refractivity contribution in [3.05, 3.63) is 39.9 Å². The molecule has 0 fully saturated rings. The first-order valence-electron chi connectivity index (χ1n) is 5.18. The average Bonchev–Trinajstić information content (AvgIpc) is 2.35. The predicted molar refractivity (Wildman–Crippen MR) is 61.7 cm³/mol. The van der Waals surface area contributed by atoms with Crippen molar-refractivity contribution in [2.75, 3.05) is 13.2 Å². The van der Waals surface area contributed by atoms with Gasteiger partial charge in [-0.3, -0.25) is 14.9 Å². The van der Waals surface area contributed by atoms with Gasteiger partial charge in [0.05, 0.1) is 4.92 Å². The summed E-state index contributed by atoms with van der Waals surface area (Å²) in [4.78, 5) is 21.6. The number of carbonyl (C=O) groups is 1. The van der Waals surface area contributed by atoms with Crippen LogP contribution >= 0.6 is 0 Å². The lowest BCUT2D eigenvalue weighted by molar-refractivity contribution is -0.384. The number of nitro groups is 1. The Balaban J connectivity index is 2.69. The van der Waals surface area contributed by atoms with E-state index < -0.39 is 4.92 Å². The van der Waals surface area contributed by atoms with Gasteiger partial charge in [0.15, 0.2) is 0 Å². The van der Waals surface area contributed by atoms with Gasteiger partial charge in [-0.15, -0.1) is 0 Å². The van der Waals surface area contributed by atoms with Gasteiger partial charge in [0.1, 0.15) is 0 Å². The summed E-state index contributed by atoms with van der Waals surface area (Å²) in [6.45, 7) is 2.10. The quantitative estimate of drug-likeness (QED) is 0.590. The molecule has 0 spiro atoms. The van der Waals surface area contributed by atoms with Crippen LogP contribution in [0.5, 0.6) is 0 Å². The molecule has 1 unspecified atom stereocenters. The number of aliphatic hydroxyl groups is 1. The molecule has 17 heavy (non-hydrogen) atoms. The Hall–Kier alpha value is -1.95. The zero-order chi connectivity index (χ0) is 12.8. The fourth-order valence-electron chi connectivity index (χ4n) is 1.19. The molecule has 92 valence electrons. The van der Waals surface area contributed by atoms with Gasteiger partial charge in [-0.25, -0.2) is 0 Å². The first kappa shape index (κ1) is 13.1. The van der Waals surface area contributed by atoms with Crippen molar-refractivity contribution in [1.29, 1.82) is 0 Å². The number of benzene rings is 1. The largest absolute Gasteiger partial charge is 0.396 e. The van der Waals surface area contributed by atoms with E-state index in [-0.39, 0.29) is 29.7 Å². The lowest BCUT2D eigenvalue weighted by atomic mass is 10.1. The molecule has 0 radical (unpaired) electrons. The molecule has 0 bridgehead atoms. The minimum Gasteiger partial charge on any atom is -0.396 e. The highest BCUT2D eigenvalue weighted by molar-refractivity contribution is 5.94. The van der Waals surface area contributed by atoms with Crippen LogP contribution in [0.1, 0.15) is 17.3 Å². The third kappa shape index (κ3) is 3.84. The smallest absolute Gasteiger partial charge is 0.270 e. The number of nitrogens with zero attached hydrogens (tertiary/aromatic N) is 1. The van der Waals surface area contributed by atoms with E-state index in [0.717, 1.165) is 0 Å². The molecule has 0 aliphatic carbocycles. The molecule has 0 aliphatic heterocycles. The molecular formula is C11H14N2O4. The maximum atomic E-state index is 11.6. The number of rotatable bonds is 5. The van der Waals surface area contributed by atoms with Crippen molar-refractivity contribution in [2.45, 2.75) is 6.92 Å². The fraction of sp³-hybridized carbons (Fsp3) is 0.364. The van der Waals surface area contributed by atoms with Crippen LogP contribution in [0, 0.1) is 16.0 Å². The van der Waals surface area contributed by atoms with E-state index in [1.165, 1.54) is 24.3 Å². The minimum absolute atomic E-state index is 0.0186. The van der Waals surface area contributed by atoms with E-state index in [1.807, 2.05) is 0 Å². The third-order valence-corrected chi connectivity index (χ3v) is 2.24. The maximum absolute atomic E-state index is 11.6. The molecule has 0 aromatic heterocycles. The molecule has 0 aliphatic rings. The summed E-state index contributed by atoms with van der Waals surface area (Å²) in [6, 6.07) is 5.51. The van der Waals surface area contributed by atoms with Crippen LogP contribution in [-0.2, 0) is 0 Å². The van der Waals surface area contributed by atoms with E-state index in [2.05, 4.69) is 5.32 Å². The molecule has 1 aromatic carbocycles. The number of nitrogens with one attached hydrogen (secondary N) is 1. The number of amides is 1. The van der Waals surface area contributed by atoms with Gasteiger partial charge in [0.25, 0.3) is 11.6 Å². The van der Waals surface area contributed by atoms with Crippen molar-refractivity contribution in [2.24, 2.45) is 5.92 Å². The van der Waals surface area contributed by atoms with Crippen molar-refractivity contribution in [3.8, 4) is 0 Å². The third-order valence-electron chi connectivity index (χ3n) is 2.24. The van der Waals surface area contributed by atoms with E-state index in [1.54, 1.807) is 6.92 Å². The maximum Gasteiger partial charge on any atom is 0.270 e.